The molecule has 1 rings (SSSR count). The molecule has 0 aliphatic heterocycles. The molecule has 0 aromatic rings. The Kier molecular flexibility index (Phi) is 4.88. The zero-order valence-corrected chi connectivity index (χ0v) is 10.1. The van der Waals surface area contributed by atoms with Crippen LogP contribution in [0.5, 0.6) is 0 Å². The molecule has 1 aliphatic rings. The van der Waals surface area contributed by atoms with E-state index in [9.17, 15) is 4.79 Å². The molecule has 1 fully saturated rings. The normalized spacial score (nSPS) is 25.1. The average molecular weight is 206 g/mol. The van der Waals surface area contributed by atoms with Gasteiger partial charge in [0.05, 0.1) is 0 Å². The van der Waals surface area contributed by atoms with Gasteiger partial charge >= 0.3 is 0 Å². The van der Waals surface area contributed by atoms with Crippen LogP contribution in [0.25, 0.3) is 0 Å². The van der Waals surface area contributed by atoms with Crippen molar-refractivity contribution in [2.24, 2.45) is 5.41 Å². The van der Waals surface area contributed by atoms with Gasteiger partial charge in [-0.3, -0.25) is 4.79 Å². The van der Waals surface area contributed by atoms with Gasteiger partial charge in [0.1, 0.15) is 5.78 Å². The fourth-order valence-electron chi connectivity index (χ4n) is 2.05. The van der Waals surface area contributed by atoms with E-state index in [0.29, 0.717) is 12.2 Å². The van der Waals surface area contributed by atoms with Crippen molar-refractivity contribution < 1.29 is 4.79 Å². The highest BCUT2D eigenvalue weighted by Crippen LogP contribution is 2.34. The molecule has 1 heteroatoms. The molecule has 0 aromatic heterocycles. The van der Waals surface area contributed by atoms with Crippen LogP contribution in [0.15, 0.2) is 0 Å². The molecule has 0 saturated heterocycles. The Morgan fingerprint density at radius 2 is 2.13 bits per heavy atom. The Bertz CT molecular complexity index is 269. The van der Waals surface area contributed by atoms with Crippen molar-refractivity contribution in [3.63, 3.8) is 0 Å². The third-order valence-electron chi connectivity index (χ3n) is 3.09. The van der Waals surface area contributed by atoms with Crippen molar-refractivity contribution in [3.05, 3.63) is 0 Å². The molecule has 1 saturated carbocycles. The van der Waals surface area contributed by atoms with Crippen LogP contribution in [-0.2, 0) is 4.79 Å². The Balaban J connectivity index is 2.22. The highest BCUT2D eigenvalue weighted by Gasteiger charge is 2.31. The van der Waals surface area contributed by atoms with E-state index >= 15 is 0 Å². The minimum atomic E-state index is 0.00183. The summed E-state index contributed by atoms with van der Waals surface area (Å²) in [4.78, 5) is 11.2. The van der Waals surface area contributed by atoms with Crippen LogP contribution in [0.3, 0.4) is 0 Å². The van der Waals surface area contributed by atoms with E-state index in [0.717, 1.165) is 19.3 Å². The van der Waals surface area contributed by atoms with Crippen LogP contribution in [0, 0.1) is 17.3 Å². The molecule has 0 spiro atoms. The van der Waals surface area contributed by atoms with Crippen LogP contribution >= 0.6 is 0 Å². The van der Waals surface area contributed by atoms with Crippen molar-refractivity contribution in [2.45, 2.75) is 65.2 Å². The molecule has 0 radical (unpaired) electrons. The summed E-state index contributed by atoms with van der Waals surface area (Å²) >= 11 is 0. The third kappa shape index (κ3) is 4.51. The molecule has 84 valence electrons. The summed E-state index contributed by atoms with van der Waals surface area (Å²) < 4.78 is 0. The van der Waals surface area contributed by atoms with Gasteiger partial charge in [-0.2, -0.15) is 0 Å². The molecular formula is C14H22O. The zero-order valence-electron chi connectivity index (χ0n) is 10.1. The van der Waals surface area contributed by atoms with Crippen molar-refractivity contribution in [2.75, 3.05) is 0 Å². The topological polar surface area (TPSA) is 17.1 Å². The summed E-state index contributed by atoms with van der Waals surface area (Å²) in [6.07, 6.45) is 8.48. The second kappa shape index (κ2) is 5.95. The van der Waals surface area contributed by atoms with Crippen LogP contribution in [0.4, 0.5) is 0 Å². The molecule has 0 unspecified atom stereocenters. The molecule has 1 nitrogen and oxygen atoms in total. The minimum Gasteiger partial charge on any atom is -0.300 e. The highest BCUT2D eigenvalue weighted by atomic mass is 16.1. The third-order valence-corrected chi connectivity index (χ3v) is 3.09. The highest BCUT2D eigenvalue weighted by molar-refractivity contribution is 5.82. The largest absolute Gasteiger partial charge is 0.300 e. The smallest absolute Gasteiger partial charge is 0.134 e. The Labute approximate surface area is 93.6 Å². The van der Waals surface area contributed by atoms with Crippen LogP contribution in [-0.4, -0.2) is 5.78 Å². The molecule has 1 aliphatic carbocycles. The first-order chi connectivity index (χ1) is 7.16. The van der Waals surface area contributed by atoms with E-state index in [4.69, 9.17) is 0 Å². The van der Waals surface area contributed by atoms with Crippen LogP contribution < -0.4 is 0 Å². The van der Waals surface area contributed by atoms with Crippen molar-refractivity contribution >= 4 is 5.78 Å². The molecular weight excluding hydrogens is 184 g/mol. The van der Waals surface area contributed by atoms with E-state index in [1.54, 1.807) is 0 Å². The lowest BCUT2D eigenvalue weighted by Crippen LogP contribution is -2.08. The van der Waals surface area contributed by atoms with E-state index in [-0.39, 0.29) is 5.41 Å². The van der Waals surface area contributed by atoms with Crippen molar-refractivity contribution in [3.8, 4) is 11.8 Å². The fourth-order valence-corrected chi connectivity index (χ4v) is 2.05. The first-order valence-corrected chi connectivity index (χ1v) is 6.18. The van der Waals surface area contributed by atoms with Gasteiger partial charge in [0.15, 0.2) is 0 Å². The molecule has 0 bridgehead atoms. The standard InChI is InChI=1S/C14H22O/c1-3-4-5-6-7-8-10-14(2)11-9-13(15)12-14/h3-7,9,11-12H2,1-2H3/t14-/m0/s1. The average Bonchev–Trinajstić information content (AvgIpc) is 2.53. The molecule has 0 N–H and O–H groups in total. The maximum Gasteiger partial charge on any atom is 0.134 e. The Hall–Kier alpha value is -0.770. The van der Waals surface area contributed by atoms with Gasteiger partial charge in [-0.1, -0.05) is 32.1 Å². The lowest BCUT2D eigenvalue weighted by atomic mass is 9.89. The van der Waals surface area contributed by atoms with Gasteiger partial charge in [0, 0.05) is 24.7 Å². The lowest BCUT2D eigenvalue weighted by Gasteiger charge is -2.12. The lowest BCUT2D eigenvalue weighted by molar-refractivity contribution is -0.117. The molecule has 0 aromatic carbocycles. The number of ketones is 1. The van der Waals surface area contributed by atoms with Crippen molar-refractivity contribution in [1.82, 2.24) is 0 Å². The second-order valence-electron chi connectivity index (χ2n) is 4.89. The van der Waals surface area contributed by atoms with Gasteiger partial charge in [0.25, 0.3) is 0 Å². The maximum atomic E-state index is 11.2. The van der Waals surface area contributed by atoms with E-state index in [1.165, 1.54) is 25.7 Å². The summed E-state index contributed by atoms with van der Waals surface area (Å²) in [6, 6.07) is 0. The first-order valence-electron chi connectivity index (χ1n) is 6.18. The monoisotopic (exact) mass is 206 g/mol. The second-order valence-corrected chi connectivity index (χ2v) is 4.89. The Morgan fingerprint density at radius 1 is 1.33 bits per heavy atom. The predicted molar refractivity (Wildman–Crippen MR) is 63.5 cm³/mol. The van der Waals surface area contributed by atoms with E-state index in [1.807, 2.05) is 0 Å². The quantitative estimate of drug-likeness (QED) is 0.506. The molecule has 0 heterocycles. The van der Waals surface area contributed by atoms with Crippen LogP contribution in [0.1, 0.15) is 65.2 Å². The van der Waals surface area contributed by atoms with Gasteiger partial charge in [0.2, 0.25) is 0 Å². The van der Waals surface area contributed by atoms with Crippen LogP contribution in [0.2, 0.25) is 0 Å². The SMILES string of the molecule is CCCCCCC#C[C@@]1(C)CCC(=O)C1. The zero-order chi connectivity index (χ0) is 11.1. The van der Waals surface area contributed by atoms with Gasteiger partial charge < -0.3 is 0 Å². The maximum absolute atomic E-state index is 11.2. The minimum absolute atomic E-state index is 0.00183. The number of carbonyl (C=O) groups excluding carboxylic acids is 1. The molecule has 15 heavy (non-hydrogen) atoms. The number of Topliss-reactive ketones (excluding diaryl/α,β-unsaturated/α-hetero) is 1. The molecule has 1 atom stereocenters. The number of hydrogen-bond donors (Lipinski definition) is 0. The van der Waals surface area contributed by atoms with Crippen molar-refractivity contribution in [1.29, 1.82) is 0 Å². The van der Waals surface area contributed by atoms with E-state index < -0.39 is 0 Å². The number of hydrogen-bond acceptors (Lipinski definition) is 1. The van der Waals surface area contributed by atoms with Gasteiger partial charge in [-0.05, 0) is 19.8 Å². The van der Waals surface area contributed by atoms with E-state index in [2.05, 4.69) is 25.7 Å². The van der Waals surface area contributed by atoms with Gasteiger partial charge in [-0.15, -0.1) is 5.92 Å². The summed E-state index contributed by atoms with van der Waals surface area (Å²) in [5.74, 6) is 6.93. The summed E-state index contributed by atoms with van der Waals surface area (Å²) in [5, 5.41) is 0. The fraction of sp³-hybridized carbons (Fsp3) is 0.786. The number of unbranched alkanes of at least 4 members (excludes halogenated alkanes) is 4. The summed E-state index contributed by atoms with van der Waals surface area (Å²) in [5.41, 5.74) is 0.00183. The first kappa shape index (κ1) is 12.3. The van der Waals surface area contributed by atoms with Gasteiger partial charge in [-0.25, -0.2) is 0 Å². The predicted octanol–water partition coefficient (Wildman–Crippen LogP) is 3.72. The Morgan fingerprint density at radius 3 is 2.73 bits per heavy atom. The number of carbonyl (C=O) groups is 1. The number of rotatable bonds is 4. The molecule has 0 amide bonds. The summed E-state index contributed by atoms with van der Waals surface area (Å²) in [7, 11) is 0. The summed E-state index contributed by atoms with van der Waals surface area (Å²) in [6.45, 7) is 4.34.